The van der Waals surface area contributed by atoms with Crippen LogP contribution in [-0.2, 0) is 17.8 Å². The van der Waals surface area contributed by atoms with Gasteiger partial charge < -0.3 is 14.8 Å². The van der Waals surface area contributed by atoms with Crippen LogP contribution in [0.5, 0.6) is 0 Å². The molecule has 0 bridgehead atoms. The third kappa shape index (κ3) is 3.47. The van der Waals surface area contributed by atoms with Crippen molar-refractivity contribution in [2.45, 2.75) is 25.8 Å². The molecule has 0 aliphatic heterocycles. The normalized spacial score (nSPS) is 14.7. The first-order chi connectivity index (χ1) is 10.6. The van der Waals surface area contributed by atoms with Crippen LogP contribution in [0.1, 0.15) is 18.7 Å². The molecule has 22 heavy (non-hydrogen) atoms. The Morgan fingerprint density at radius 1 is 1.36 bits per heavy atom. The van der Waals surface area contributed by atoms with E-state index in [0.717, 1.165) is 43.7 Å². The lowest BCUT2D eigenvalue weighted by molar-refractivity contribution is -0.122. The number of hydrogen-bond donors (Lipinski definition) is 1. The highest BCUT2D eigenvalue weighted by Gasteiger charge is 2.29. The van der Waals surface area contributed by atoms with Crippen molar-refractivity contribution in [3.05, 3.63) is 30.1 Å². The molecule has 1 aromatic carbocycles. The predicted molar refractivity (Wildman–Crippen MR) is 87.7 cm³/mol. The predicted octanol–water partition coefficient (Wildman–Crippen LogP) is 1.67. The van der Waals surface area contributed by atoms with E-state index in [9.17, 15) is 4.79 Å². The zero-order chi connectivity index (χ0) is 15.5. The fourth-order valence-electron chi connectivity index (χ4n) is 2.65. The third-order valence-corrected chi connectivity index (χ3v) is 4.10. The summed E-state index contributed by atoms with van der Waals surface area (Å²) in [6, 6.07) is 8.23. The molecule has 1 aliphatic carbocycles. The maximum Gasteiger partial charge on any atom is 0.223 e. The van der Waals surface area contributed by atoms with E-state index in [1.807, 2.05) is 12.1 Å². The number of benzene rings is 1. The van der Waals surface area contributed by atoms with Gasteiger partial charge in [0.25, 0.3) is 0 Å². The first-order valence-electron chi connectivity index (χ1n) is 8.02. The molecule has 0 unspecified atom stereocenters. The Morgan fingerprint density at radius 3 is 2.86 bits per heavy atom. The van der Waals surface area contributed by atoms with Crippen LogP contribution in [0.25, 0.3) is 11.0 Å². The van der Waals surface area contributed by atoms with Crippen molar-refractivity contribution >= 4 is 16.9 Å². The van der Waals surface area contributed by atoms with Crippen LogP contribution in [-0.4, -0.2) is 47.5 Å². The molecular weight excluding hydrogens is 276 g/mol. The summed E-state index contributed by atoms with van der Waals surface area (Å²) in [6.07, 6.45) is 2.88. The number of carbonyl (C=O) groups excluding carboxylic acids is 1. The van der Waals surface area contributed by atoms with E-state index in [0.29, 0.717) is 6.54 Å². The van der Waals surface area contributed by atoms with E-state index in [1.54, 1.807) is 0 Å². The summed E-state index contributed by atoms with van der Waals surface area (Å²) in [6.45, 7) is 2.56. The molecule has 0 saturated heterocycles. The van der Waals surface area contributed by atoms with Crippen LogP contribution < -0.4 is 5.32 Å². The van der Waals surface area contributed by atoms with Crippen LogP contribution >= 0.6 is 0 Å². The number of hydrogen-bond acceptors (Lipinski definition) is 3. The van der Waals surface area contributed by atoms with Crippen molar-refractivity contribution in [3.8, 4) is 0 Å². The largest absolute Gasteiger partial charge is 0.355 e. The SMILES string of the molecule is CN(C)CCn1c(CCNC(=O)C2CC2)nc2ccccc21. The molecule has 3 rings (SSSR count). The molecule has 5 nitrogen and oxygen atoms in total. The Hall–Kier alpha value is -1.88. The van der Waals surface area contributed by atoms with Crippen molar-refractivity contribution < 1.29 is 4.79 Å². The highest BCUT2D eigenvalue weighted by Crippen LogP contribution is 2.28. The van der Waals surface area contributed by atoms with Crippen LogP contribution in [0.2, 0.25) is 0 Å². The average Bonchev–Trinajstić information content (AvgIpc) is 3.28. The van der Waals surface area contributed by atoms with E-state index in [4.69, 9.17) is 4.98 Å². The zero-order valence-electron chi connectivity index (χ0n) is 13.4. The van der Waals surface area contributed by atoms with Gasteiger partial charge in [-0.05, 0) is 39.1 Å². The number of rotatable bonds is 7. The van der Waals surface area contributed by atoms with Crippen LogP contribution in [0.3, 0.4) is 0 Å². The summed E-state index contributed by atoms with van der Waals surface area (Å²) in [5.41, 5.74) is 2.21. The standard InChI is InChI=1S/C17H24N4O/c1-20(2)11-12-21-15-6-4-3-5-14(15)19-16(21)9-10-18-17(22)13-7-8-13/h3-6,13H,7-12H2,1-2H3,(H,18,22). The molecule has 1 saturated carbocycles. The number of likely N-dealkylation sites (N-methyl/N-ethyl adjacent to an activating group) is 1. The van der Waals surface area contributed by atoms with E-state index in [-0.39, 0.29) is 11.8 Å². The van der Waals surface area contributed by atoms with Gasteiger partial charge in [-0.25, -0.2) is 4.98 Å². The minimum absolute atomic E-state index is 0.205. The summed E-state index contributed by atoms with van der Waals surface area (Å²) >= 11 is 0. The second-order valence-electron chi connectivity index (χ2n) is 6.29. The summed E-state index contributed by atoms with van der Waals surface area (Å²) in [5.74, 6) is 1.53. The molecule has 1 heterocycles. The molecule has 0 spiro atoms. The quantitative estimate of drug-likeness (QED) is 0.846. The number of nitrogens with one attached hydrogen (secondary N) is 1. The fourth-order valence-corrected chi connectivity index (χ4v) is 2.65. The van der Waals surface area contributed by atoms with Crippen LogP contribution in [0.15, 0.2) is 24.3 Å². The van der Waals surface area contributed by atoms with Crippen molar-refractivity contribution in [3.63, 3.8) is 0 Å². The van der Waals surface area contributed by atoms with E-state index >= 15 is 0 Å². The Morgan fingerprint density at radius 2 is 2.14 bits per heavy atom. The van der Waals surface area contributed by atoms with Gasteiger partial charge >= 0.3 is 0 Å². The topological polar surface area (TPSA) is 50.2 Å². The molecule has 0 atom stereocenters. The molecule has 1 aliphatic rings. The minimum atomic E-state index is 0.205. The van der Waals surface area contributed by atoms with Crippen LogP contribution in [0, 0.1) is 5.92 Å². The molecule has 0 radical (unpaired) electrons. The number of aromatic nitrogens is 2. The number of imidazole rings is 1. The monoisotopic (exact) mass is 300 g/mol. The maximum absolute atomic E-state index is 11.7. The molecule has 1 fully saturated rings. The summed E-state index contributed by atoms with van der Waals surface area (Å²) in [7, 11) is 4.16. The van der Waals surface area contributed by atoms with Crippen molar-refractivity contribution in [2.75, 3.05) is 27.2 Å². The zero-order valence-corrected chi connectivity index (χ0v) is 13.4. The number of carbonyl (C=O) groups is 1. The smallest absolute Gasteiger partial charge is 0.223 e. The molecule has 1 aromatic heterocycles. The number of amides is 1. The van der Waals surface area contributed by atoms with Gasteiger partial charge in [0.2, 0.25) is 5.91 Å². The average molecular weight is 300 g/mol. The highest BCUT2D eigenvalue weighted by molar-refractivity contribution is 5.80. The Labute approximate surface area is 131 Å². The molecule has 1 N–H and O–H groups in total. The van der Waals surface area contributed by atoms with Crippen molar-refractivity contribution in [1.82, 2.24) is 19.8 Å². The van der Waals surface area contributed by atoms with Gasteiger partial charge in [-0.1, -0.05) is 12.1 Å². The highest BCUT2D eigenvalue weighted by atomic mass is 16.2. The van der Waals surface area contributed by atoms with E-state index < -0.39 is 0 Å². The second kappa shape index (κ2) is 6.48. The van der Waals surface area contributed by atoms with Crippen molar-refractivity contribution in [1.29, 1.82) is 0 Å². The molecule has 2 aromatic rings. The van der Waals surface area contributed by atoms with Crippen LogP contribution in [0.4, 0.5) is 0 Å². The Kier molecular flexibility index (Phi) is 4.43. The lowest BCUT2D eigenvalue weighted by Crippen LogP contribution is -2.28. The van der Waals surface area contributed by atoms with Gasteiger partial charge in [-0.2, -0.15) is 0 Å². The minimum Gasteiger partial charge on any atom is -0.355 e. The van der Waals surface area contributed by atoms with Gasteiger partial charge in [-0.15, -0.1) is 0 Å². The Balaban J connectivity index is 1.71. The van der Waals surface area contributed by atoms with Gasteiger partial charge in [0.05, 0.1) is 11.0 Å². The molecule has 118 valence electrons. The first kappa shape index (κ1) is 15.0. The first-order valence-corrected chi connectivity index (χ1v) is 8.02. The van der Waals surface area contributed by atoms with Crippen molar-refractivity contribution in [2.24, 2.45) is 5.92 Å². The van der Waals surface area contributed by atoms with Gasteiger partial charge in [0.15, 0.2) is 0 Å². The van der Waals surface area contributed by atoms with E-state index in [2.05, 4.69) is 41.0 Å². The lowest BCUT2D eigenvalue weighted by atomic mass is 10.3. The fraction of sp³-hybridized carbons (Fsp3) is 0.529. The van der Waals surface area contributed by atoms with Gasteiger partial charge in [0.1, 0.15) is 5.82 Å². The molecule has 5 heteroatoms. The maximum atomic E-state index is 11.7. The Bertz CT molecular complexity index is 658. The summed E-state index contributed by atoms with van der Waals surface area (Å²) in [5, 5.41) is 3.03. The number of nitrogens with zero attached hydrogens (tertiary/aromatic N) is 3. The third-order valence-electron chi connectivity index (χ3n) is 4.10. The van der Waals surface area contributed by atoms with Gasteiger partial charge in [-0.3, -0.25) is 4.79 Å². The van der Waals surface area contributed by atoms with Gasteiger partial charge in [0, 0.05) is 32.0 Å². The number of para-hydroxylation sites is 2. The number of fused-ring (bicyclic) bond motifs is 1. The summed E-state index contributed by atoms with van der Waals surface area (Å²) < 4.78 is 2.28. The molecular formula is C17H24N4O. The van der Waals surface area contributed by atoms with E-state index in [1.165, 1.54) is 5.52 Å². The molecule has 1 amide bonds. The second-order valence-corrected chi connectivity index (χ2v) is 6.29. The summed E-state index contributed by atoms with van der Waals surface area (Å²) in [4.78, 5) is 18.6. The lowest BCUT2D eigenvalue weighted by Gasteiger charge is -2.13.